The molecule has 2 N–H and O–H groups in total. The second-order valence-electron chi connectivity index (χ2n) is 6.76. The number of rotatable bonds is 4. The molecule has 8 nitrogen and oxygen atoms in total. The predicted octanol–water partition coefficient (Wildman–Crippen LogP) is 3.42. The number of nitrogens with one attached hydrogen (secondary N) is 2. The number of anilines is 1. The van der Waals surface area contributed by atoms with E-state index in [9.17, 15) is 9.59 Å². The zero-order valence-electron chi connectivity index (χ0n) is 16.2. The van der Waals surface area contributed by atoms with E-state index in [1.54, 1.807) is 28.9 Å². The maximum absolute atomic E-state index is 12.9. The number of aromatic amines is 1. The summed E-state index contributed by atoms with van der Waals surface area (Å²) in [6.07, 6.45) is 0. The molecule has 0 saturated heterocycles. The highest BCUT2D eigenvalue weighted by molar-refractivity contribution is 6.01. The first-order valence-corrected chi connectivity index (χ1v) is 9.57. The zero-order valence-corrected chi connectivity index (χ0v) is 16.2. The summed E-state index contributed by atoms with van der Waals surface area (Å²) in [6.45, 7) is 0. The maximum atomic E-state index is 12.9. The summed E-state index contributed by atoms with van der Waals surface area (Å²) in [6, 6.07) is 25.8. The number of para-hydroxylation sites is 2. The third kappa shape index (κ3) is 3.58. The molecule has 0 aliphatic carbocycles. The maximum Gasteiger partial charge on any atom is 0.297 e. The van der Waals surface area contributed by atoms with Crippen molar-refractivity contribution in [3.05, 3.63) is 101 Å². The number of hydrogen-bond donors (Lipinski definition) is 2. The minimum absolute atomic E-state index is 0.0334. The van der Waals surface area contributed by atoms with E-state index in [1.807, 2.05) is 60.7 Å². The SMILES string of the molecule is O=C(Nc1nc2ccccc2c(=O)[nH]1)c1nc(-c2ccccc2)n(-c2ccccc2)n1. The molecule has 0 aliphatic heterocycles. The number of hydrogen-bond acceptors (Lipinski definition) is 5. The summed E-state index contributed by atoms with van der Waals surface area (Å²) in [5, 5.41) is 7.45. The molecule has 0 aliphatic rings. The van der Waals surface area contributed by atoms with Crippen LogP contribution in [0.2, 0.25) is 0 Å². The zero-order chi connectivity index (χ0) is 21.2. The van der Waals surface area contributed by atoms with E-state index in [-0.39, 0.29) is 17.3 Å². The van der Waals surface area contributed by atoms with E-state index in [2.05, 4.69) is 25.4 Å². The number of fused-ring (bicyclic) bond motifs is 1. The second kappa shape index (κ2) is 7.68. The van der Waals surface area contributed by atoms with E-state index < -0.39 is 5.91 Å². The summed E-state index contributed by atoms with van der Waals surface area (Å²) in [5.74, 6) is -0.0632. The van der Waals surface area contributed by atoms with Gasteiger partial charge in [-0.15, -0.1) is 5.10 Å². The van der Waals surface area contributed by atoms with Crippen LogP contribution in [0.15, 0.2) is 89.7 Å². The molecule has 0 radical (unpaired) electrons. The number of amides is 1. The minimum atomic E-state index is -0.578. The normalized spacial score (nSPS) is 10.8. The van der Waals surface area contributed by atoms with Crippen LogP contribution in [0.3, 0.4) is 0 Å². The Morgan fingerprint density at radius 2 is 1.52 bits per heavy atom. The Morgan fingerprint density at radius 3 is 2.29 bits per heavy atom. The summed E-state index contributed by atoms with van der Waals surface area (Å²) >= 11 is 0. The first-order chi connectivity index (χ1) is 15.2. The number of H-pyrrole nitrogens is 1. The molecule has 0 unspecified atom stereocenters. The number of carbonyl (C=O) groups excluding carboxylic acids is 1. The highest BCUT2D eigenvalue weighted by Gasteiger charge is 2.19. The largest absolute Gasteiger partial charge is 0.297 e. The summed E-state index contributed by atoms with van der Waals surface area (Å²) in [7, 11) is 0. The smallest absolute Gasteiger partial charge is 0.292 e. The first-order valence-electron chi connectivity index (χ1n) is 9.57. The van der Waals surface area contributed by atoms with E-state index in [4.69, 9.17) is 0 Å². The van der Waals surface area contributed by atoms with Crippen LogP contribution in [0.25, 0.3) is 28.0 Å². The Balaban J connectivity index is 1.54. The van der Waals surface area contributed by atoms with Gasteiger partial charge in [0.1, 0.15) is 0 Å². The molecule has 31 heavy (non-hydrogen) atoms. The van der Waals surface area contributed by atoms with Gasteiger partial charge in [0.2, 0.25) is 11.8 Å². The number of aromatic nitrogens is 5. The van der Waals surface area contributed by atoms with Crippen LogP contribution in [0, 0.1) is 0 Å². The molecule has 5 rings (SSSR count). The van der Waals surface area contributed by atoms with Crippen molar-refractivity contribution < 1.29 is 4.79 Å². The van der Waals surface area contributed by atoms with Gasteiger partial charge in [-0.2, -0.15) is 0 Å². The fraction of sp³-hybridized carbons (Fsp3) is 0. The highest BCUT2D eigenvalue weighted by Crippen LogP contribution is 2.21. The van der Waals surface area contributed by atoms with Crippen molar-refractivity contribution in [3.8, 4) is 17.1 Å². The Hall–Kier alpha value is -4.59. The quantitative estimate of drug-likeness (QED) is 0.474. The van der Waals surface area contributed by atoms with Crippen molar-refractivity contribution >= 4 is 22.8 Å². The number of benzene rings is 3. The van der Waals surface area contributed by atoms with E-state index in [0.29, 0.717) is 16.7 Å². The Bertz CT molecular complexity index is 1380. The lowest BCUT2D eigenvalue weighted by molar-refractivity contribution is 0.101. The molecule has 0 fully saturated rings. The molecule has 5 aromatic rings. The minimum Gasteiger partial charge on any atom is -0.292 e. The van der Waals surface area contributed by atoms with Crippen molar-refractivity contribution in [2.75, 3.05) is 5.32 Å². The Morgan fingerprint density at radius 1 is 0.839 bits per heavy atom. The van der Waals surface area contributed by atoms with Crippen molar-refractivity contribution in [1.82, 2.24) is 24.7 Å². The lowest BCUT2D eigenvalue weighted by atomic mass is 10.2. The Labute approximate surface area is 176 Å². The molecule has 2 aromatic heterocycles. The van der Waals surface area contributed by atoms with Crippen molar-refractivity contribution in [2.24, 2.45) is 0 Å². The van der Waals surface area contributed by atoms with Crippen LogP contribution in [-0.4, -0.2) is 30.6 Å². The third-order valence-corrected chi connectivity index (χ3v) is 4.69. The Kier molecular flexibility index (Phi) is 4.57. The highest BCUT2D eigenvalue weighted by atomic mass is 16.2. The van der Waals surface area contributed by atoms with Crippen molar-refractivity contribution in [1.29, 1.82) is 0 Å². The van der Waals surface area contributed by atoms with Crippen molar-refractivity contribution in [3.63, 3.8) is 0 Å². The van der Waals surface area contributed by atoms with Crippen LogP contribution >= 0.6 is 0 Å². The van der Waals surface area contributed by atoms with Crippen molar-refractivity contribution in [2.45, 2.75) is 0 Å². The number of nitrogens with zero attached hydrogens (tertiary/aromatic N) is 4. The lowest BCUT2D eigenvalue weighted by Crippen LogP contribution is -2.19. The summed E-state index contributed by atoms with van der Waals surface area (Å²) in [4.78, 5) is 36.5. The average molecular weight is 408 g/mol. The molecule has 0 saturated carbocycles. The molecule has 0 atom stereocenters. The first kappa shape index (κ1) is 18.4. The molecule has 1 amide bonds. The van der Waals surface area contributed by atoms with Crippen LogP contribution in [0.1, 0.15) is 10.6 Å². The van der Waals surface area contributed by atoms with Crippen LogP contribution in [-0.2, 0) is 0 Å². The summed E-state index contributed by atoms with van der Waals surface area (Å²) in [5.41, 5.74) is 1.73. The standard InChI is InChI=1S/C23H16N6O2/c30-21-17-13-7-8-14-18(17)24-23(26-21)27-22(31)19-25-20(15-9-3-1-4-10-15)29(28-19)16-11-5-2-6-12-16/h1-14H,(H2,24,26,27,30,31). The van der Waals surface area contributed by atoms with Gasteiger partial charge in [0.15, 0.2) is 5.82 Å². The van der Waals surface area contributed by atoms with Gasteiger partial charge in [-0.05, 0) is 24.3 Å². The van der Waals surface area contributed by atoms with Gasteiger partial charge < -0.3 is 0 Å². The van der Waals surface area contributed by atoms with E-state index in [0.717, 1.165) is 11.3 Å². The molecular weight excluding hydrogens is 392 g/mol. The third-order valence-electron chi connectivity index (χ3n) is 4.69. The van der Waals surface area contributed by atoms with Gasteiger partial charge in [-0.1, -0.05) is 60.7 Å². The topological polar surface area (TPSA) is 106 Å². The molecule has 2 heterocycles. The number of carbonyl (C=O) groups is 1. The van der Waals surface area contributed by atoms with Crippen LogP contribution < -0.4 is 10.9 Å². The van der Waals surface area contributed by atoms with Gasteiger partial charge in [0.25, 0.3) is 11.5 Å². The fourth-order valence-corrected chi connectivity index (χ4v) is 3.24. The monoisotopic (exact) mass is 408 g/mol. The van der Waals surface area contributed by atoms with Gasteiger partial charge >= 0.3 is 0 Å². The molecule has 3 aromatic carbocycles. The van der Waals surface area contributed by atoms with Crippen LogP contribution in [0.5, 0.6) is 0 Å². The van der Waals surface area contributed by atoms with Gasteiger partial charge in [-0.25, -0.2) is 14.6 Å². The molecule has 150 valence electrons. The molecule has 0 spiro atoms. The lowest BCUT2D eigenvalue weighted by Gasteiger charge is -2.05. The molecular formula is C23H16N6O2. The predicted molar refractivity (Wildman–Crippen MR) is 117 cm³/mol. The molecule has 8 heteroatoms. The van der Waals surface area contributed by atoms with Gasteiger partial charge in [-0.3, -0.25) is 19.9 Å². The summed E-state index contributed by atoms with van der Waals surface area (Å²) < 4.78 is 1.61. The van der Waals surface area contributed by atoms with Crippen LogP contribution in [0.4, 0.5) is 5.95 Å². The van der Waals surface area contributed by atoms with E-state index in [1.165, 1.54) is 0 Å². The van der Waals surface area contributed by atoms with E-state index >= 15 is 0 Å². The fourth-order valence-electron chi connectivity index (χ4n) is 3.24. The average Bonchev–Trinajstić information content (AvgIpc) is 3.26. The van der Waals surface area contributed by atoms with Gasteiger partial charge in [0.05, 0.1) is 16.6 Å². The molecule has 0 bridgehead atoms. The second-order valence-corrected chi connectivity index (χ2v) is 6.76. The van der Waals surface area contributed by atoms with Gasteiger partial charge in [0, 0.05) is 5.56 Å².